The summed E-state index contributed by atoms with van der Waals surface area (Å²) in [4.78, 5) is 12.4. The standard InChI is InChI=1S/C16H22N2O2/c19-16(18-13-7-9-17-10-8-13)14-3-1-2-4-15(14)20-11-12-5-6-12/h1-4,12-13,17H,5-11H2,(H,18,19). The van der Waals surface area contributed by atoms with Gasteiger partial charge in [-0.25, -0.2) is 0 Å². The molecule has 2 aliphatic rings. The zero-order valence-electron chi connectivity index (χ0n) is 11.7. The fourth-order valence-electron chi connectivity index (χ4n) is 2.50. The van der Waals surface area contributed by atoms with Crippen molar-refractivity contribution in [3.8, 4) is 5.75 Å². The maximum absolute atomic E-state index is 12.4. The molecule has 0 bridgehead atoms. The molecule has 1 amide bonds. The molecule has 4 nitrogen and oxygen atoms in total. The number of piperidine rings is 1. The van der Waals surface area contributed by atoms with E-state index in [2.05, 4.69) is 10.6 Å². The van der Waals surface area contributed by atoms with Crippen LogP contribution in [-0.4, -0.2) is 31.6 Å². The first-order valence-electron chi connectivity index (χ1n) is 7.56. The van der Waals surface area contributed by atoms with E-state index in [1.54, 1.807) is 0 Å². The summed E-state index contributed by atoms with van der Waals surface area (Å²) in [5, 5.41) is 6.42. The lowest BCUT2D eigenvalue weighted by atomic mass is 10.1. The molecule has 108 valence electrons. The van der Waals surface area contributed by atoms with Crippen molar-refractivity contribution in [2.75, 3.05) is 19.7 Å². The van der Waals surface area contributed by atoms with Crippen molar-refractivity contribution < 1.29 is 9.53 Å². The van der Waals surface area contributed by atoms with E-state index in [0.29, 0.717) is 17.2 Å². The Kier molecular flexibility index (Phi) is 4.21. The Bertz CT molecular complexity index is 465. The topological polar surface area (TPSA) is 50.4 Å². The minimum absolute atomic E-state index is 0.0108. The Morgan fingerprint density at radius 1 is 1.20 bits per heavy atom. The predicted octanol–water partition coefficient (Wildman–Crippen LogP) is 1.96. The summed E-state index contributed by atoms with van der Waals surface area (Å²) in [6.45, 7) is 2.69. The molecule has 4 heteroatoms. The highest BCUT2D eigenvalue weighted by atomic mass is 16.5. The summed E-state index contributed by atoms with van der Waals surface area (Å²) in [6.07, 6.45) is 4.50. The van der Waals surface area contributed by atoms with Gasteiger partial charge in [-0.2, -0.15) is 0 Å². The molecule has 1 saturated carbocycles. The van der Waals surface area contributed by atoms with Crippen molar-refractivity contribution in [3.63, 3.8) is 0 Å². The third-order valence-corrected chi connectivity index (χ3v) is 3.98. The van der Waals surface area contributed by atoms with E-state index in [9.17, 15) is 4.79 Å². The van der Waals surface area contributed by atoms with Gasteiger partial charge in [0.25, 0.3) is 5.91 Å². The monoisotopic (exact) mass is 274 g/mol. The van der Waals surface area contributed by atoms with Gasteiger partial charge in [0.1, 0.15) is 5.75 Å². The Morgan fingerprint density at radius 3 is 2.70 bits per heavy atom. The largest absolute Gasteiger partial charge is 0.492 e. The average molecular weight is 274 g/mol. The van der Waals surface area contributed by atoms with Gasteiger partial charge in [-0.3, -0.25) is 4.79 Å². The van der Waals surface area contributed by atoms with Crippen LogP contribution in [0.2, 0.25) is 0 Å². The van der Waals surface area contributed by atoms with Crippen molar-refractivity contribution >= 4 is 5.91 Å². The zero-order chi connectivity index (χ0) is 13.8. The molecule has 0 spiro atoms. The number of rotatable bonds is 5. The van der Waals surface area contributed by atoms with Gasteiger partial charge in [0, 0.05) is 6.04 Å². The van der Waals surface area contributed by atoms with Gasteiger partial charge < -0.3 is 15.4 Å². The molecular formula is C16H22N2O2. The normalized spacial score (nSPS) is 19.6. The SMILES string of the molecule is O=C(NC1CCNCC1)c1ccccc1OCC1CC1. The lowest BCUT2D eigenvalue weighted by Gasteiger charge is -2.24. The van der Waals surface area contributed by atoms with Crippen molar-refractivity contribution in [2.45, 2.75) is 31.7 Å². The number of nitrogens with one attached hydrogen (secondary N) is 2. The molecule has 2 N–H and O–H groups in total. The highest BCUT2D eigenvalue weighted by molar-refractivity contribution is 5.97. The molecule has 0 aromatic heterocycles. The maximum atomic E-state index is 12.4. The van der Waals surface area contributed by atoms with E-state index in [0.717, 1.165) is 32.5 Å². The number of hydrogen-bond acceptors (Lipinski definition) is 3. The molecule has 0 radical (unpaired) electrons. The van der Waals surface area contributed by atoms with E-state index in [-0.39, 0.29) is 11.9 Å². The van der Waals surface area contributed by atoms with Gasteiger partial charge in [-0.1, -0.05) is 12.1 Å². The van der Waals surface area contributed by atoms with Gasteiger partial charge in [-0.05, 0) is 56.8 Å². The van der Waals surface area contributed by atoms with Crippen molar-refractivity contribution in [1.29, 1.82) is 0 Å². The van der Waals surface area contributed by atoms with Crippen LogP contribution in [0.1, 0.15) is 36.0 Å². The van der Waals surface area contributed by atoms with Crippen LogP contribution in [0.15, 0.2) is 24.3 Å². The second kappa shape index (κ2) is 6.27. The van der Waals surface area contributed by atoms with Crippen LogP contribution >= 0.6 is 0 Å². The molecule has 1 saturated heterocycles. The fourth-order valence-corrected chi connectivity index (χ4v) is 2.50. The molecular weight excluding hydrogens is 252 g/mol. The number of hydrogen-bond donors (Lipinski definition) is 2. The van der Waals surface area contributed by atoms with Gasteiger partial charge in [-0.15, -0.1) is 0 Å². The third kappa shape index (κ3) is 3.51. The van der Waals surface area contributed by atoms with E-state index >= 15 is 0 Å². The van der Waals surface area contributed by atoms with Gasteiger partial charge >= 0.3 is 0 Å². The highest BCUT2D eigenvalue weighted by Crippen LogP contribution is 2.30. The molecule has 0 unspecified atom stereocenters. The Labute approximate surface area is 119 Å². The van der Waals surface area contributed by atoms with Gasteiger partial charge in [0.05, 0.1) is 12.2 Å². The number of amides is 1. The number of ether oxygens (including phenoxy) is 1. The predicted molar refractivity (Wildman–Crippen MR) is 78.0 cm³/mol. The van der Waals surface area contributed by atoms with Crippen LogP contribution in [0, 0.1) is 5.92 Å². The van der Waals surface area contributed by atoms with Crippen molar-refractivity contribution in [2.24, 2.45) is 5.92 Å². The number of carbonyl (C=O) groups is 1. The molecule has 20 heavy (non-hydrogen) atoms. The van der Waals surface area contributed by atoms with Crippen molar-refractivity contribution in [1.82, 2.24) is 10.6 Å². The summed E-state index contributed by atoms with van der Waals surface area (Å²) < 4.78 is 5.80. The van der Waals surface area contributed by atoms with Gasteiger partial charge in [0.15, 0.2) is 0 Å². The Morgan fingerprint density at radius 2 is 1.95 bits per heavy atom. The lowest BCUT2D eigenvalue weighted by molar-refractivity contribution is 0.0925. The molecule has 1 aromatic carbocycles. The van der Waals surface area contributed by atoms with Crippen molar-refractivity contribution in [3.05, 3.63) is 29.8 Å². The van der Waals surface area contributed by atoms with Gasteiger partial charge in [0.2, 0.25) is 0 Å². The first kappa shape index (κ1) is 13.4. The van der Waals surface area contributed by atoms with E-state index in [1.165, 1.54) is 12.8 Å². The third-order valence-electron chi connectivity index (χ3n) is 3.98. The van der Waals surface area contributed by atoms with Crippen LogP contribution in [-0.2, 0) is 0 Å². The first-order chi connectivity index (χ1) is 9.83. The van der Waals surface area contributed by atoms with E-state index < -0.39 is 0 Å². The van der Waals surface area contributed by atoms with Crippen LogP contribution in [0.25, 0.3) is 0 Å². The summed E-state index contributed by atoms with van der Waals surface area (Å²) in [5.41, 5.74) is 0.659. The minimum Gasteiger partial charge on any atom is -0.492 e. The molecule has 0 atom stereocenters. The number of para-hydroxylation sites is 1. The van der Waals surface area contributed by atoms with E-state index in [4.69, 9.17) is 4.74 Å². The summed E-state index contributed by atoms with van der Waals surface area (Å²) >= 11 is 0. The first-order valence-corrected chi connectivity index (χ1v) is 7.56. The molecule has 3 rings (SSSR count). The number of carbonyl (C=O) groups excluding carboxylic acids is 1. The second-order valence-corrected chi connectivity index (χ2v) is 5.75. The lowest BCUT2D eigenvalue weighted by Crippen LogP contribution is -2.42. The minimum atomic E-state index is -0.0108. The zero-order valence-corrected chi connectivity index (χ0v) is 11.7. The summed E-state index contributed by atoms with van der Waals surface area (Å²) in [6, 6.07) is 7.82. The van der Waals surface area contributed by atoms with Crippen LogP contribution in [0.4, 0.5) is 0 Å². The highest BCUT2D eigenvalue weighted by Gasteiger charge is 2.23. The van der Waals surface area contributed by atoms with Crippen LogP contribution in [0.3, 0.4) is 0 Å². The second-order valence-electron chi connectivity index (χ2n) is 5.75. The van der Waals surface area contributed by atoms with Crippen LogP contribution in [0.5, 0.6) is 5.75 Å². The molecule has 1 aromatic rings. The number of benzene rings is 1. The quantitative estimate of drug-likeness (QED) is 0.863. The molecule has 1 heterocycles. The van der Waals surface area contributed by atoms with E-state index in [1.807, 2.05) is 24.3 Å². The Balaban J connectivity index is 1.62. The summed E-state index contributed by atoms with van der Waals surface area (Å²) in [5.74, 6) is 1.39. The molecule has 1 aliphatic heterocycles. The molecule has 2 fully saturated rings. The smallest absolute Gasteiger partial charge is 0.255 e. The molecule has 1 aliphatic carbocycles. The Hall–Kier alpha value is -1.55. The maximum Gasteiger partial charge on any atom is 0.255 e. The van der Waals surface area contributed by atoms with Crippen LogP contribution < -0.4 is 15.4 Å². The average Bonchev–Trinajstić information content (AvgIpc) is 3.31. The fraction of sp³-hybridized carbons (Fsp3) is 0.562. The summed E-state index contributed by atoms with van der Waals surface area (Å²) in [7, 11) is 0.